The molecule has 2 amide bonds. The van der Waals surface area contributed by atoms with E-state index in [-0.39, 0.29) is 17.4 Å². The van der Waals surface area contributed by atoms with Gasteiger partial charge in [-0.2, -0.15) is 0 Å². The number of nitrogens with zero attached hydrogens (tertiary/aromatic N) is 1. The number of rotatable bonds is 3. The summed E-state index contributed by atoms with van der Waals surface area (Å²) in [5, 5.41) is 15.7. The van der Waals surface area contributed by atoms with E-state index < -0.39 is 12.0 Å². The molecule has 1 aliphatic carbocycles. The lowest BCUT2D eigenvalue weighted by Crippen LogP contribution is -2.54. The Morgan fingerprint density at radius 1 is 1.20 bits per heavy atom. The average molecular weight is 299 g/mol. The lowest BCUT2D eigenvalue weighted by molar-refractivity contribution is -0.141. The summed E-state index contributed by atoms with van der Waals surface area (Å²) in [6.45, 7) is 1.82. The van der Waals surface area contributed by atoms with Crippen LogP contribution in [0.1, 0.15) is 25.7 Å². The van der Waals surface area contributed by atoms with Gasteiger partial charge < -0.3 is 15.7 Å². The van der Waals surface area contributed by atoms with Crippen molar-refractivity contribution in [2.24, 2.45) is 5.92 Å². The average Bonchev–Trinajstić information content (AvgIpc) is 3.17. The second-order valence-corrected chi connectivity index (χ2v) is 6.95. The molecule has 2 heterocycles. The van der Waals surface area contributed by atoms with E-state index in [4.69, 9.17) is 0 Å². The molecule has 3 fully saturated rings. The van der Waals surface area contributed by atoms with Crippen LogP contribution in [0.15, 0.2) is 0 Å². The summed E-state index contributed by atoms with van der Waals surface area (Å²) in [6, 6.07) is -0.692. The molecule has 2 unspecified atom stereocenters. The van der Waals surface area contributed by atoms with Crippen LogP contribution in [-0.4, -0.2) is 58.3 Å². The molecule has 0 aromatic rings. The van der Waals surface area contributed by atoms with Crippen molar-refractivity contribution in [3.63, 3.8) is 0 Å². The van der Waals surface area contributed by atoms with E-state index in [1.165, 1.54) is 0 Å². The van der Waals surface area contributed by atoms with Crippen LogP contribution >= 0.6 is 11.8 Å². The van der Waals surface area contributed by atoms with Crippen LogP contribution in [0.25, 0.3) is 0 Å². The predicted molar refractivity (Wildman–Crippen MR) is 76.7 cm³/mol. The quantitative estimate of drug-likeness (QED) is 0.714. The fourth-order valence-corrected chi connectivity index (χ4v) is 4.57. The summed E-state index contributed by atoms with van der Waals surface area (Å²) in [7, 11) is 0. The van der Waals surface area contributed by atoms with Gasteiger partial charge in [-0.25, -0.2) is 9.59 Å². The summed E-state index contributed by atoms with van der Waals surface area (Å²) in [4.78, 5) is 25.4. The largest absolute Gasteiger partial charge is 0.480 e. The van der Waals surface area contributed by atoms with Gasteiger partial charge in [0.2, 0.25) is 0 Å². The van der Waals surface area contributed by atoms with E-state index in [9.17, 15) is 14.7 Å². The Morgan fingerprint density at radius 3 is 2.50 bits per heavy atom. The van der Waals surface area contributed by atoms with Crippen molar-refractivity contribution in [3.8, 4) is 0 Å². The molecule has 0 spiro atoms. The maximum absolute atomic E-state index is 12.5. The van der Waals surface area contributed by atoms with Gasteiger partial charge in [-0.3, -0.25) is 4.90 Å². The van der Waals surface area contributed by atoms with Crippen LogP contribution in [-0.2, 0) is 4.79 Å². The minimum absolute atomic E-state index is 0.0535. The molecular formula is C13H21N3O3S. The van der Waals surface area contributed by atoms with Crippen LogP contribution in [0, 0.1) is 5.92 Å². The number of piperidine rings is 1. The van der Waals surface area contributed by atoms with Crippen LogP contribution in [0.2, 0.25) is 0 Å². The van der Waals surface area contributed by atoms with Gasteiger partial charge in [0.05, 0.1) is 5.37 Å². The van der Waals surface area contributed by atoms with Crippen molar-refractivity contribution < 1.29 is 14.7 Å². The standard InChI is InChI=1S/C13H21N3O3S/c17-12(18)10-7-20-11(8-1-2-8)16(10)13(19)15-9-3-5-14-6-4-9/h8-11,14H,1-7H2,(H,15,19)(H,17,18). The summed E-state index contributed by atoms with van der Waals surface area (Å²) in [5.41, 5.74) is 0. The van der Waals surface area contributed by atoms with Gasteiger partial charge >= 0.3 is 12.0 Å². The van der Waals surface area contributed by atoms with E-state index in [1.54, 1.807) is 16.7 Å². The number of hydrogen-bond acceptors (Lipinski definition) is 4. The zero-order valence-electron chi connectivity index (χ0n) is 11.4. The second-order valence-electron chi connectivity index (χ2n) is 5.80. The molecule has 0 aromatic heterocycles. The van der Waals surface area contributed by atoms with Crippen LogP contribution in [0.3, 0.4) is 0 Å². The molecule has 112 valence electrons. The monoisotopic (exact) mass is 299 g/mol. The predicted octanol–water partition coefficient (Wildman–Crippen LogP) is 0.686. The van der Waals surface area contributed by atoms with Crippen molar-refractivity contribution in [2.75, 3.05) is 18.8 Å². The molecule has 2 saturated heterocycles. The number of urea groups is 1. The van der Waals surface area contributed by atoms with Crippen LogP contribution in [0.4, 0.5) is 4.79 Å². The highest BCUT2D eigenvalue weighted by atomic mass is 32.2. The molecular weight excluding hydrogens is 278 g/mol. The van der Waals surface area contributed by atoms with Gasteiger partial charge in [-0.05, 0) is 44.7 Å². The van der Waals surface area contributed by atoms with Gasteiger partial charge in [0, 0.05) is 11.8 Å². The highest BCUT2D eigenvalue weighted by Gasteiger charge is 2.48. The minimum atomic E-state index is -0.888. The molecule has 0 radical (unpaired) electrons. The van der Waals surface area contributed by atoms with Crippen molar-refractivity contribution in [1.82, 2.24) is 15.5 Å². The molecule has 3 rings (SSSR count). The topological polar surface area (TPSA) is 81.7 Å². The first-order valence-electron chi connectivity index (χ1n) is 7.31. The van der Waals surface area contributed by atoms with Crippen molar-refractivity contribution in [3.05, 3.63) is 0 Å². The number of hydrogen-bond donors (Lipinski definition) is 3. The number of carboxylic acid groups (broad SMARTS) is 1. The molecule has 2 aliphatic heterocycles. The SMILES string of the molecule is O=C(O)C1CSC(C2CC2)N1C(=O)NC1CCNCC1. The Morgan fingerprint density at radius 2 is 1.90 bits per heavy atom. The summed E-state index contributed by atoms with van der Waals surface area (Å²) in [6.07, 6.45) is 4.05. The molecule has 7 heteroatoms. The molecule has 1 saturated carbocycles. The van der Waals surface area contributed by atoms with Crippen molar-refractivity contribution in [2.45, 2.75) is 43.1 Å². The molecule has 0 aromatic carbocycles. The molecule has 0 bridgehead atoms. The third-order valence-corrected chi connectivity index (χ3v) is 5.71. The Hall–Kier alpha value is -0.950. The van der Waals surface area contributed by atoms with E-state index in [0.717, 1.165) is 38.8 Å². The van der Waals surface area contributed by atoms with Gasteiger partial charge in [0.25, 0.3) is 0 Å². The van der Waals surface area contributed by atoms with E-state index in [1.807, 2.05) is 0 Å². The number of aliphatic carboxylic acids is 1. The van der Waals surface area contributed by atoms with Gasteiger partial charge in [-0.1, -0.05) is 0 Å². The summed E-state index contributed by atoms with van der Waals surface area (Å²) >= 11 is 1.62. The second kappa shape index (κ2) is 5.81. The molecule has 3 aliphatic rings. The minimum Gasteiger partial charge on any atom is -0.480 e. The number of thioether (sulfide) groups is 1. The lowest BCUT2D eigenvalue weighted by atomic mass is 10.1. The van der Waals surface area contributed by atoms with Crippen molar-refractivity contribution >= 4 is 23.8 Å². The summed E-state index contributed by atoms with van der Waals surface area (Å²) < 4.78 is 0. The molecule has 20 heavy (non-hydrogen) atoms. The Bertz CT molecular complexity index is 396. The Kier molecular flexibility index (Phi) is 4.07. The van der Waals surface area contributed by atoms with E-state index in [0.29, 0.717) is 11.7 Å². The molecule has 3 N–H and O–H groups in total. The zero-order chi connectivity index (χ0) is 14.1. The third kappa shape index (κ3) is 2.88. The number of carboxylic acids is 1. The normalized spacial score (nSPS) is 31.3. The number of amides is 2. The smallest absolute Gasteiger partial charge is 0.327 e. The van der Waals surface area contributed by atoms with Crippen LogP contribution < -0.4 is 10.6 Å². The third-order valence-electron chi connectivity index (χ3n) is 4.25. The van der Waals surface area contributed by atoms with E-state index in [2.05, 4.69) is 10.6 Å². The van der Waals surface area contributed by atoms with Gasteiger partial charge in [0.15, 0.2) is 0 Å². The first kappa shape index (κ1) is 14.0. The number of carbonyl (C=O) groups excluding carboxylic acids is 1. The fourth-order valence-electron chi connectivity index (χ4n) is 2.94. The molecule has 2 atom stereocenters. The lowest BCUT2D eigenvalue weighted by Gasteiger charge is -2.31. The highest BCUT2D eigenvalue weighted by Crippen LogP contribution is 2.45. The van der Waals surface area contributed by atoms with Gasteiger partial charge in [0.1, 0.15) is 6.04 Å². The zero-order valence-corrected chi connectivity index (χ0v) is 12.2. The Balaban J connectivity index is 1.66. The van der Waals surface area contributed by atoms with Crippen molar-refractivity contribution in [1.29, 1.82) is 0 Å². The van der Waals surface area contributed by atoms with Gasteiger partial charge in [-0.15, -0.1) is 11.8 Å². The Labute approximate surface area is 122 Å². The maximum Gasteiger partial charge on any atom is 0.327 e. The summed E-state index contributed by atoms with van der Waals surface area (Å²) in [5.74, 6) is 0.111. The van der Waals surface area contributed by atoms with E-state index >= 15 is 0 Å². The maximum atomic E-state index is 12.5. The molecule has 6 nitrogen and oxygen atoms in total. The number of nitrogens with one attached hydrogen (secondary N) is 2. The first-order valence-corrected chi connectivity index (χ1v) is 8.35. The number of carbonyl (C=O) groups is 2. The van der Waals surface area contributed by atoms with Crippen LogP contribution in [0.5, 0.6) is 0 Å². The fraction of sp³-hybridized carbons (Fsp3) is 0.846. The first-order chi connectivity index (χ1) is 9.66. The highest BCUT2D eigenvalue weighted by molar-refractivity contribution is 8.00.